The highest BCUT2D eigenvalue weighted by atomic mass is 28.3. The largest absolute Gasteiger partial charge is 0.474 e. The van der Waals surface area contributed by atoms with Crippen LogP contribution in [0.5, 0.6) is 0 Å². The normalized spacial score (nSPS) is 35.0. The molecule has 0 bridgehead atoms. The van der Waals surface area contributed by atoms with Crippen molar-refractivity contribution in [1.29, 1.82) is 0 Å². The number of hydrogen-bond acceptors (Lipinski definition) is 2. The predicted octanol–water partition coefficient (Wildman–Crippen LogP) is 4.58. The first-order valence-electron chi connectivity index (χ1n) is 8.08. The second-order valence-corrected chi connectivity index (χ2v) is 13.6. The van der Waals surface area contributed by atoms with Crippen molar-refractivity contribution in [2.75, 3.05) is 0 Å². The summed E-state index contributed by atoms with van der Waals surface area (Å²) in [6.07, 6.45) is 10.1. The molecule has 0 amide bonds. The lowest BCUT2D eigenvalue weighted by atomic mass is 9.64. The van der Waals surface area contributed by atoms with Crippen LogP contribution in [0.1, 0.15) is 45.6 Å². The summed E-state index contributed by atoms with van der Waals surface area (Å²) >= 11 is 0. The average molecular weight is 305 g/mol. The average Bonchev–Trinajstić information content (AvgIpc) is 2.76. The molecule has 2 aliphatic rings. The van der Waals surface area contributed by atoms with Gasteiger partial charge in [0.05, 0.1) is 17.2 Å². The first-order chi connectivity index (χ1) is 9.60. The molecule has 3 heteroatoms. The zero-order chi connectivity index (χ0) is 15.5. The molecule has 2 unspecified atom stereocenters. The highest BCUT2D eigenvalue weighted by molar-refractivity contribution is 6.87. The summed E-state index contributed by atoms with van der Waals surface area (Å²) in [5, 5.41) is 1.17. The molecule has 0 radical (unpaired) electrons. The minimum atomic E-state index is -1.36. The van der Waals surface area contributed by atoms with Gasteiger partial charge in [0.2, 0.25) is 0 Å². The van der Waals surface area contributed by atoms with Gasteiger partial charge >= 0.3 is 0 Å². The van der Waals surface area contributed by atoms with E-state index < -0.39 is 8.07 Å². The van der Waals surface area contributed by atoms with Gasteiger partial charge in [0.15, 0.2) is 0 Å². The van der Waals surface area contributed by atoms with Crippen LogP contribution in [0.15, 0.2) is 22.8 Å². The van der Waals surface area contributed by atoms with E-state index in [-0.39, 0.29) is 16.6 Å². The van der Waals surface area contributed by atoms with Crippen LogP contribution in [0, 0.1) is 5.41 Å². The second kappa shape index (κ2) is 4.36. The van der Waals surface area contributed by atoms with Gasteiger partial charge in [-0.1, -0.05) is 39.6 Å². The summed E-state index contributed by atoms with van der Waals surface area (Å²) in [7, 11) is -1.36. The monoisotopic (exact) mass is 304 g/mol. The first-order valence-corrected chi connectivity index (χ1v) is 11.6. The Balaban J connectivity index is 1.85. The molecule has 1 saturated heterocycles. The number of rotatable bonds is 3. The van der Waals surface area contributed by atoms with E-state index in [1.54, 1.807) is 0 Å². The summed E-state index contributed by atoms with van der Waals surface area (Å²) in [5.41, 5.74) is 1.33. The van der Waals surface area contributed by atoms with Crippen molar-refractivity contribution in [2.45, 2.75) is 70.9 Å². The van der Waals surface area contributed by atoms with Crippen molar-refractivity contribution < 1.29 is 9.15 Å². The zero-order valence-electron chi connectivity index (χ0n) is 14.2. The molecular formula is C18H28O2Si. The molecule has 0 spiro atoms. The van der Waals surface area contributed by atoms with Crippen LogP contribution < -0.4 is 5.38 Å². The fourth-order valence-electron chi connectivity index (χ4n) is 3.95. The number of furan rings is 1. The molecule has 2 heterocycles. The lowest BCUT2D eigenvalue weighted by molar-refractivity contribution is 0.166. The Kier molecular flexibility index (Phi) is 3.13. The zero-order valence-corrected chi connectivity index (χ0v) is 15.2. The lowest BCUT2D eigenvalue weighted by Crippen LogP contribution is -2.41. The van der Waals surface area contributed by atoms with Crippen LogP contribution in [0.4, 0.5) is 0 Å². The molecule has 1 aliphatic heterocycles. The number of epoxide rings is 1. The summed E-state index contributed by atoms with van der Waals surface area (Å²) in [4.78, 5) is 0. The maximum Gasteiger partial charge on any atom is 0.123 e. The molecule has 1 aliphatic carbocycles. The molecule has 1 aromatic heterocycles. The first kappa shape index (κ1) is 15.1. The smallest absolute Gasteiger partial charge is 0.123 e. The van der Waals surface area contributed by atoms with Crippen LogP contribution in [-0.4, -0.2) is 19.3 Å². The number of fused-ring (bicyclic) bond motifs is 1. The van der Waals surface area contributed by atoms with Gasteiger partial charge < -0.3 is 9.15 Å². The number of hydrogen-bond donors (Lipinski definition) is 0. The third kappa shape index (κ3) is 2.25. The van der Waals surface area contributed by atoms with Gasteiger partial charge in [-0.15, -0.1) is 0 Å². The molecule has 1 aromatic rings. The molecule has 116 valence electrons. The van der Waals surface area contributed by atoms with Crippen molar-refractivity contribution in [1.82, 2.24) is 0 Å². The molecule has 0 aromatic carbocycles. The fourth-order valence-corrected chi connectivity index (χ4v) is 4.97. The van der Waals surface area contributed by atoms with E-state index in [9.17, 15) is 0 Å². The van der Waals surface area contributed by atoms with Crippen LogP contribution in [0.25, 0.3) is 6.08 Å². The van der Waals surface area contributed by atoms with E-state index in [0.29, 0.717) is 0 Å². The maximum atomic E-state index is 6.26. The van der Waals surface area contributed by atoms with Gasteiger partial charge in [-0.25, -0.2) is 0 Å². The van der Waals surface area contributed by atoms with Crippen LogP contribution in [0.3, 0.4) is 0 Å². The summed E-state index contributed by atoms with van der Waals surface area (Å²) in [5.74, 6) is 0. The van der Waals surface area contributed by atoms with Crippen molar-refractivity contribution in [3.63, 3.8) is 0 Å². The minimum absolute atomic E-state index is 0.0383. The van der Waals surface area contributed by atoms with E-state index in [0.717, 1.165) is 0 Å². The van der Waals surface area contributed by atoms with Crippen molar-refractivity contribution in [3.8, 4) is 0 Å². The van der Waals surface area contributed by atoms with Crippen LogP contribution in [0.2, 0.25) is 19.6 Å². The van der Waals surface area contributed by atoms with E-state index in [4.69, 9.17) is 9.15 Å². The van der Waals surface area contributed by atoms with E-state index in [1.807, 2.05) is 6.26 Å². The summed E-state index contributed by atoms with van der Waals surface area (Å²) in [6.45, 7) is 13.9. The van der Waals surface area contributed by atoms with Gasteiger partial charge in [0, 0.05) is 11.0 Å². The summed E-state index contributed by atoms with van der Waals surface area (Å²) in [6, 6.07) is 2.20. The number of ether oxygens (including phenoxy) is 1. The van der Waals surface area contributed by atoms with Crippen LogP contribution >= 0.6 is 0 Å². The van der Waals surface area contributed by atoms with E-state index >= 15 is 0 Å². The Morgan fingerprint density at radius 3 is 2.43 bits per heavy atom. The Morgan fingerprint density at radius 1 is 1.14 bits per heavy atom. The Morgan fingerprint density at radius 2 is 1.86 bits per heavy atom. The van der Waals surface area contributed by atoms with Gasteiger partial charge in [-0.2, -0.15) is 0 Å². The Labute approximate surface area is 129 Å². The van der Waals surface area contributed by atoms with E-state index in [1.165, 1.54) is 30.2 Å². The Bertz CT molecular complexity index is 578. The van der Waals surface area contributed by atoms with Gasteiger partial charge in [0.25, 0.3) is 0 Å². The minimum Gasteiger partial charge on any atom is -0.474 e. The molecule has 3 rings (SSSR count). The molecule has 2 fully saturated rings. The third-order valence-electron chi connectivity index (χ3n) is 5.46. The van der Waals surface area contributed by atoms with E-state index in [2.05, 4.69) is 58.6 Å². The molecule has 1 saturated carbocycles. The standard InChI is InChI=1S/C18H28O2Si/c1-16(2)9-7-10-17(3)18(16,20-17)11-8-14-12-15(19-13-14)21(4,5)6/h8,11-13H,7,9-10H2,1-6H3/b11-8+. The maximum absolute atomic E-state index is 6.26. The SMILES string of the molecule is CC1(C)CCCC2(C)OC12/C=C/c1coc([Si](C)(C)C)c1. The molecule has 21 heavy (non-hydrogen) atoms. The van der Waals surface area contributed by atoms with Gasteiger partial charge in [-0.05, 0) is 38.3 Å². The predicted molar refractivity (Wildman–Crippen MR) is 90.6 cm³/mol. The van der Waals surface area contributed by atoms with Crippen molar-refractivity contribution in [2.24, 2.45) is 5.41 Å². The fraction of sp³-hybridized carbons (Fsp3) is 0.667. The molecular weight excluding hydrogens is 276 g/mol. The quantitative estimate of drug-likeness (QED) is 0.603. The van der Waals surface area contributed by atoms with Gasteiger partial charge in [-0.3, -0.25) is 0 Å². The third-order valence-corrected chi connectivity index (χ3v) is 7.20. The molecule has 0 N–H and O–H groups in total. The highest BCUT2D eigenvalue weighted by Crippen LogP contribution is 2.66. The molecule has 2 nitrogen and oxygen atoms in total. The molecule has 2 atom stereocenters. The van der Waals surface area contributed by atoms with Crippen molar-refractivity contribution in [3.05, 3.63) is 24.0 Å². The Hall–Kier alpha value is -0.803. The lowest BCUT2D eigenvalue weighted by Gasteiger charge is -2.36. The van der Waals surface area contributed by atoms with Gasteiger partial charge in [0.1, 0.15) is 13.7 Å². The topological polar surface area (TPSA) is 25.7 Å². The second-order valence-electron chi connectivity index (χ2n) is 8.63. The summed E-state index contributed by atoms with van der Waals surface area (Å²) < 4.78 is 12.0. The van der Waals surface area contributed by atoms with Crippen molar-refractivity contribution >= 4 is 19.5 Å². The highest BCUT2D eigenvalue weighted by Gasteiger charge is 2.73. The van der Waals surface area contributed by atoms with Crippen LogP contribution in [-0.2, 0) is 4.74 Å².